The number of benzene rings is 4. The topological polar surface area (TPSA) is 75.3 Å². The monoisotopic (exact) mass is 554 g/mol. The van der Waals surface area contributed by atoms with Crippen molar-refractivity contribution in [3.8, 4) is 0 Å². The zero-order valence-corrected chi connectivity index (χ0v) is 22.5. The summed E-state index contributed by atoms with van der Waals surface area (Å²) in [5.74, 6) is -1.23. The molecule has 2 amide bonds. The number of hydrogen-bond donors (Lipinski definition) is 2. The van der Waals surface area contributed by atoms with Gasteiger partial charge in [-0.15, -0.1) is 0 Å². The van der Waals surface area contributed by atoms with E-state index in [-0.39, 0.29) is 11.5 Å². The normalized spacial score (nSPS) is 11.3. The van der Waals surface area contributed by atoms with E-state index in [9.17, 15) is 14.4 Å². The lowest BCUT2D eigenvalue weighted by Gasteiger charge is -2.12. The van der Waals surface area contributed by atoms with Crippen molar-refractivity contribution in [2.24, 2.45) is 0 Å². The van der Waals surface area contributed by atoms with Gasteiger partial charge in [-0.25, -0.2) is 0 Å². The third-order valence-corrected chi connectivity index (χ3v) is 6.37. The van der Waals surface area contributed by atoms with Crippen LogP contribution >= 0.6 is 23.2 Å². The second kappa shape index (κ2) is 12.9. The van der Waals surface area contributed by atoms with Crippen LogP contribution in [0.4, 0.5) is 5.69 Å². The summed E-state index contributed by atoms with van der Waals surface area (Å²) >= 11 is 12.6. The number of anilines is 1. The third-order valence-electron chi connectivity index (χ3n) is 5.71. The van der Waals surface area contributed by atoms with Gasteiger partial charge in [0.15, 0.2) is 5.78 Å². The van der Waals surface area contributed by atoms with Crippen LogP contribution < -0.4 is 10.6 Å². The van der Waals surface area contributed by atoms with Crippen molar-refractivity contribution in [2.75, 3.05) is 5.32 Å². The molecule has 0 fully saturated rings. The standard InChI is InChI=1S/C32H24Cl2N2O3/c1-21-7-5-8-22(19-21)13-18-30(37)23-14-16-25(17-15-23)35-32(39)29(20-26-27(33)11-6-12-28(26)34)36-31(38)24-9-3-2-4-10-24/h2-20H,1H3,(H,35,39)(H,36,38)/b18-13+,29-20-. The SMILES string of the molecule is Cc1cccc(/C=C/C(=O)c2ccc(NC(=O)/C(=C/c3c(Cl)cccc3Cl)NC(=O)c3ccccc3)cc2)c1. The highest BCUT2D eigenvalue weighted by atomic mass is 35.5. The number of carbonyl (C=O) groups excluding carboxylic acids is 3. The first-order valence-electron chi connectivity index (χ1n) is 12.0. The fourth-order valence-corrected chi connectivity index (χ4v) is 4.20. The van der Waals surface area contributed by atoms with Crippen LogP contribution in [0.1, 0.15) is 37.4 Å². The van der Waals surface area contributed by atoms with Crippen molar-refractivity contribution < 1.29 is 14.4 Å². The molecule has 0 radical (unpaired) electrons. The molecule has 0 unspecified atom stereocenters. The lowest BCUT2D eigenvalue weighted by atomic mass is 10.1. The third kappa shape index (κ3) is 7.54. The first-order valence-corrected chi connectivity index (χ1v) is 12.8. The maximum absolute atomic E-state index is 13.3. The highest BCUT2D eigenvalue weighted by Crippen LogP contribution is 2.27. The average molecular weight is 555 g/mol. The summed E-state index contributed by atoms with van der Waals surface area (Å²) in [5.41, 5.74) is 3.65. The van der Waals surface area contributed by atoms with Crippen LogP contribution in [0.15, 0.2) is 109 Å². The molecule has 0 aliphatic rings. The lowest BCUT2D eigenvalue weighted by Crippen LogP contribution is -2.30. The van der Waals surface area contributed by atoms with E-state index in [1.165, 1.54) is 12.2 Å². The largest absolute Gasteiger partial charge is 0.321 e. The van der Waals surface area contributed by atoms with Crippen molar-refractivity contribution in [3.63, 3.8) is 0 Å². The Bertz CT molecular complexity index is 1560. The van der Waals surface area contributed by atoms with Crippen LogP contribution in [-0.2, 0) is 4.79 Å². The van der Waals surface area contributed by atoms with Gasteiger partial charge in [0, 0.05) is 32.4 Å². The molecule has 2 N–H and O–H groups in total. The van der Waals surface area contributed by atoms with Gasteiger partial charge in [-0.05, 0) is 73.2 Å². The van der Waals surface area contributed by atoms with E-state index >= 15 is 0 Å². The Morgan fingerprint density at radius 2 is 1.41 bits per heavy atom. The second-order valence-corrected chi connectivity index (χ2v) is 9.47. The number of aryl methyl sites for hydroxylation is 1. The van der Waals surface area contributed by atoms with Gasteiger partial charge in [0.05, 0.1) is 0 Å². The number of carbonyl (C=O) groups is 3. The zero-order valence-electron chi connectivity index (χ0n) is 21.0. The molecule has 5 nitrogen and oxygen atoms in total. The smallest absolute Gasteiger partial charge is 0.272 e. The van der Waals surface area contributed by atoms with Crippen LogP contribution in [-0.4, -0.2) is 17.6 Å². The molecular weight excluding hydrogens is 531 g/mol. The first kappa shape index (κ1) is 27.6. The fourth-order valence-electron chi connectivity index (χ4n) is 3.69. The molecule has 0 aliphatic heterocycles. The number of rotatable bonds is 8. The maximum atomic E-state index is 13.3. The molecule has 0 bridgehead atoms. The molecule has 0 saturated heterocycles. The minimum Gasteiger partial charge on any atom is -0.321 e. The Balaban J connectivity index is 1.53. The Morgan fingerprint density at radius 3 is 2.08 bits per heavy atom. The van der Waals surface area contributed by atoms with Gasteiger partial charge in [0.25, 0.3) is 11.8 Å². The minimum absolute atomic E-state index is 0.0555. The minimum atomic E-state index is -0.589. The first-order chi connectivity index (χ1) is 18.8. The summed E-state index contributed by atoms with van der Waals surface area (Å²) in [7, 11) is 0. The summed E-state index contributed by atoms with van der Waals surface area (Å²) in [6, 6.07) is 27.8. The molecule has 4 aromatic rings. The van der Waals surface area contributed by atoms with Crippen molar-refractivity contribution >= 4 is 58.6 Å². The lowest BCUT2D eigenvalue weighted by molar-refractivity contribution is -0.113. The van der Waals surface area contributed by atoms with Crippen LogP contribution in [0.5, 0.6) is 0 Å². The summed E-state index contributed by atoms with van der Waals surface area (Å²) in [6.07, 6.45) is 4.70. The van der Waals surface area contributed by atoms with E-state index in [2.05, 4.69) is 10.6 Å². The Morgan fingerprint density at radius 1 is 0.744 bits per heavy atom. The summed E-state index contributed by atoms with van der Waals surface area (Å²) in [4.78, 5) is 38.7. The molecule has 4 rings (SSSR count). The Hall–Kier alpha value is -4.45. The van der Waals surface area contributed by atoms with Gasteiger partial charge >= 0.3 is 0 Å². The Labute approximate surface area is 236 Å². The molecule has 7 heteroatoms. The van der Waals surface area contributed by atoms with Gasteiger partial charge in [-0.3, -0.25) is 14.4 Å². The molecule has 194 valence electrons. The van der Waals surface area contributed by atoms with Gasteiger partial charge < -0.3 is 10.6 Å². The van der Waals surface area contributed by atoms with Crippen molar-refractivity contribution in [1.29, 1.82) is 0 Å². The number of halogens is 2. The summed E-state index contributed by atoms with van der Waals surface area (Å²) in [5, 5.41) is 6.05. The van der Waals surface area contributed by atoms with Crippen molar-refractivity contribution in [2.45, 2.75) is 6.92 Å². The summed E-state index contributed by atoms with van der Waals surface area (Å²) in [6.45, 7) is 1.99. The molecule has 0 aromatic heterocycles. The molecule has 39 heavy (non-hydrogen) atoms. The predicted molar refractivity (Wildman–Crippen MR) is 158 cm³/mol. The fraction of sp³-hybridized carbons (Fsp3) is 0.0312. The van der Waals surface area contributed by atoms with Crippen molar-refractivity contribution in [1.82, 2.24) is 5.32 Å². The number of hydrogen-bond acceptors (Lipinski definition) is 3. The van der Waals surface area contributed by atoms with Crippen LogP contribution in [0.3, 0.4) is 0 Å². The maximum Gasteiger partial charge on any atom is 0.272 e. The van der Waals surface area contributed by atoms with Crippen LogP contribution in [0, 0.1) is 6.92 Å². The predicted octanol–water partition coefficient (Wildman–Crippen LogP) is 7.61. The van der Waals surface area contributed by atoms with E-state index < -0.39 is 11.8 Å². The summed E-state index contributed by atoms with van der Waals surface area (Å²) < 4.78 is 0. The number of amides is 2. The van der Waals surface area contributed by atoms with E-state index in [0.717, 1.165) is 11.1 Å². The number of allylic oxidation sites excluding steroid dienone is 1. The van der Waals surface area contributed by atoms with Gasteiger partial charge in [0.1, 0.15) is 5.70 Å². The molecule has 0 saturated carbocycles. The molecule has 0 heterocycles. The Kier molecular flexibility index (Phi) is 9.10. The molecule has 4 aromatic carbocycles. The van der Waals surface area contributed by atoms with Crippen LogP contribution in [0.2, 0.25) is 10.0 Å². The quantitative estimate of drug-likeness (QED) is 0.174. The zero-order chi connectivity index (χ0) is 27.8. The van der Waals surface area contributed by atoms with E-state index in [0.29, 0.717) is 32.4 Å². The average Bonchev–Trinajstić information content (AvgIpc) is 2.94. The highest BCUT2D eigenvalue weighted by molar-refractivity contribution is 6.37. The van der Waals surface area contributed by atoms with E-state index in [1.54, 1.807) is 78.9 Å². The second-order valence-electron chi connectivity index (χ2n) is 8.66. The highest BCUT2D eigenvalue weighted by Gasteiger charge is 2.17. The van der Waals surface area contributed by atoms with E-state index in [1.807, 2.05) is 31.2 Å². The van der Waals surface area contributed by atoms with Gasteiger partial charge in [0.2, 0.25) is 0 Å². The molecule has 0 atom stereocenters. The van der Waals surface area contributed by atoms with Gasteiger partial charge in [-0.1, -0.05) is 83.4 Å². The van der Waals surface area contributed by atoms with Crippen LogP contribution in [0.25, 0.3) is 12.2 Å². The molecule has 0 spiro atoms. The molecule has 0 aliphatic carbocycles. The molecular formula is C32H24Cl2N2O3. The van der Waals surface area contributed by atoms with Gasteiger partial charge in [-0.2, -0.15) is 0 Å². The number of nitrogens with one attached hydrogen (secondary N) is 2. The van der Waals surface area contributed by atoms with Crippen molar-refractivity contribution in [3.05, 3.63) is 147 Å². The number of ketones is 1. The van der Waals surface area contributed by atoms with E-state index in [4.69, 9.17) is 23.2 Å².